The van der Waals surface area contributed by atoms with Gasteiger partial charge in [-0.3, -0.25) is 0 Å². The summed E-state index contributed by atoms with van der Waals surface area (Å²) in [5.41, 5.74) is 0.377. The number of nitrogens with zero attached hydrogens (tertiary/aromatic N) is 1. The number of aromatic nitrogens is 1. The SMILES string of the molecule is O=C(O)c1cccn1CCCC1CCOC1. The molecule has 2 rings (SSSR count). The van der Waals surface area contributed by atoms with E-state index in [-0.39, 0.29) is 0 Å². The van der Waals surface area contributed by atoms with E-state index < -0.39 is 5.97 Å². The molecule has 0 saturated carbocycles. The molecule has 0 amide bonds. The molecule has 1 saturated heterocycles. The Morgan fingerprint density at radius 1 is 1.62 bits per heavy atom. The number of carboxylic acid groups (broad SMARTS) is 1. The van der Waals surface area contributed by atoms with E-state index in [9.17, 15) is 4.79 Å². The number of aryl methyl sites for hydroxylation is 1. The summed E-state index contributed by atoms with van der Waals surface area (Å²) >= 11 is 0. The third kappa shape index (κ3) is 2.64. The van der Waals surface area contributed by atoms with Crippen LogP contribution in [0.1, 0.15) is 29.8 Å². The third-order valence-electron chi connectivity index (χ3n) is 3.08. The van der Waals surface area contributed by atoms with Gasteiger partial charge in [0.1, 0.15) is 5.69 Å². The van der Waals surface area contributed by atoms with Gasteiger partial charge in [0.2, 0.25) is 0 Å². The normalized spacial score (nSPS) is 20.1. The van der Waals surface area contributed by atoms with Gasteiger partial charge < -0.3 is 14.4 Å². The summed E-state index contributed by atoms with van der Waals surface area (Å²) < 4.78 is 7.11. The summed E-state index contributed by atoms with van der Waals surface area (Å²) in [6.45, 7) is 2.54. The lowest BCUT2D eigenvalue weighted by Crippen LogP contribution is -2.09. The summed E-state index contributed by atoms with van der Waals surface area (Å²) in [5, 5.41) is 8.92. The number of hydrogen-bond donors (Lipinski definition) is 1. The van der Waals surface area contributed by atoms with Crippen LogP contribution in [0.3, 0.4) is 0 Å². The second kappa shape index (κ2) is 5.16. The van der Waals surface area contributed by atoms with Crippen molar-refractivity contribution in [2.24, 2.45) is 5.92 Å². The highest BCUT2D eigenvalue weighted by atomic mass is 16.5. The Morgan fingerprint density at radius 3 is 3.19 bits per heavy atom. The van der Waals surface area contributed by atoms with Crippen LogP contribution >= 0.6 is 0 Å². The van der Waals surface area contributed by atoms with Gasteiger partial charge in [0.05, 0.1) is 0 Å². The van der Waals surface area contributed by atoms with Gasteiger partial charge in [-0.15, -0.1) is 0 Å². The molecule has 1 aliphatic heterocycles. The van der Waals surface area contributed by atoms with E-state index in [4.69, 9.17) is 9.84 Å². The molecule has 0 aromatic carbocycles. The van der Waals surface area contributed by atoms with Crippen molar-refractivity contribution in [2.75, 3.05) is 13.2 Å². The smallest absolute Gasteiger partial charge is 0.352 e. The molecule has 0 bridgehead atoms. The molecule has 16 heavy (non-hydrogen) atoms. The van der Waals surface area contributed by atoms with E-state index in [0.29, 0.717) is 11.6 Å². The quantitative estimate of drug-likeness (QED) is 0.830. The van der Waals surface area contributed by atoms with E-state index >= 15 is 0 Å². The van der Waals surface area contributed by atoms with Crippen LogP contribution in [0.25, 0.3) is 0 Å². The molecular formula is C12H17NO3. The van der Waals surface area contributed by atoms with Gasteiger partial charge in [0.25, 0.3) is 0 Å². The second-order valence-corrected chi connectivity index (χ2v) is 4.26. The van der Waals surface area contributed by atoms with Gasteiger partial charge in [0.15, 0.2) is 0 Å². The van der Waals surface area contributed by atoms with Crippen LogP contribution in [-0.2, 0) is 11.3 Å². The van der Waals surface area contributed by atoms with Crippen molar-refractivity contribution in [3.63, 3.8) is 0 Å². The van der Waals surface area contributed by atoms with Crippen LogP contribution < -0.4 is 0 Å². The average Bonchev–Trinajstić information content (AvgIpc) is 2.87. The monoisotopic (exact) mass is 223 g/mol. The van der Waals surface area contributed by atoms with Crippen molar-refractivity contribution in [1.82, 2.24) is 4.57 Å². The van der Waals surface area contributed by atoms with Gasteiger partial charge in [-0.1, -0.05) is 0 Å². The Bertz CT molecular complexity index is 353. The molecule has 1 unspecified atom stereocenters. The van der Waals surface area contributed by atoms with E-state index in [1.165, 1.54) is 0 Å². The molecule has 0 aliphatic carbocycles. The first-order chi connectivity index (χ1) is 7.77. The molecule has 0 spiro atoms. The fraction of sp³-hybridized carbons (Fsp3) is 0.583. The van der Waals surface area contributed by atoms with E-state index in [1.807, 2.05) is 6.20 Å². The number of carboxylic acids is 1. The van der Waals surface area contributed by atoms with Crippen LogP contribution in [0.4, 0.5) is 0 Å². The highest BCUT2D eigenvalue weighted by Crippen LogP contribution is 2.18. The Kier molecular flexibility index (Phi) is 3.62. The molecule has 1 N–H and O–H groups in total. The first-order valence-corrected chi connectivity index (χ1v) is 5.73. The zero-order valence-electron chi connectivity index (χ0n) is 9.26. The first-order valence-electron chi connectivity index (χ1n) is 5.73. The molecule has 1 aromatic rings. The molecule has 1 aromatic heterocycles. The van der Waals surface area contributed by atoms with E-state index in [1.54, 1.807) is 16.7 Å². The lowest BCUT2D eigenvalue weighted by atomic mass is 10.0. The predicted molar refractivity (Wildman–Crippen MR) is 59.6 cm³/mol. The third-order valence-corrected chi connectivity index (χ3v) is 3.08. The van der Waals surface area contributed by atoms with E-state index in [2.05, 4.69) is 0 Å². The van der Waals surface area contributed by atoms with Crippen molar-refractivity contribution in [2.45, 2.75) is 25.8 Å². The van der Waals surface area contributed by atoms with Gasteiger partial charge in [-0.25, -0.2) is 4.79 Å². The second-order valence-electron chi connectivity index (χ2n) is 4.26. The summed E-state index contributed by atoms with van der Waals surface area (Å²) in [6.07, 6.45) is 5.12. The topological polar surface area (TPSA) is 51.5 Å². The average molecular weight is 223 g/mol. The van der Waals surface area contributed by atoms with Crippen LogP contribution in [0.5, 0.6) is 0 Å². The molecule has 1 aliphatic rings. The Morgan fingerprint density at radius 2 is 2.50 bits per heavy atom. The van der Waals surface area contributed by atoms with Crippen LogP contribution in [0.2, 0.25) is 0 Å². The number of aromatic carboxylic acids is 1. The minimum Gasteiger partial charge on any atom is -0.477 e. The first kappa shape index (κ1) is 11.2. The predicted octanol–water partition coefficient (Wildman–Crippen LogP) is 2.00. The summed E-state index contributed by atoms with van der Waals surface area (Å²) in [5.74, 6) is -0.182. The fourth-order valence-electron chi connectivity index (χ4n) is 2.16. The summed E-state index contributed by atoms with van der Waals surface area (Å²) in [4.78, 5) is 10.9. The van der Waals surface area contributed by atoms with Crippen molar-refractivity contribution in [3.05, 3.63) is 24.0 Å². The lowest BCUT2D eigenvalue weighted by Gasteiger charge is -2.09. The Balaban J connectivity index is 1.80. The molecule has 1 atom stereocenters. The fourth-order valence-corrected chi connectivity index (χ4v) is 2.16. The molecule has 88 valence electrons. The van der Waals surface area contributed by atoms with Gasteiger partial charge >= 0.3 is 5.97 Å². The van der Waals surface area contributed by atoms with Crippen molar-refractivity contribution >= 4 is 5.97 Å². The van der Waals surface area contributed by atoms with Gasteiger partial charge in [-0.05, 0) is 37.3 Å². The Labute approximate surface area is 94.8 Å². The van der Waals surface area contributed by atoms with Crippen molar-refractivity contribution in [1.29, 1.82) is 0 Å². The minimum absolute atomic E-state index is 0.377. The van der Waals surface area contributed by atoms with Crippen LogP contribution in [0.15, 0.2) is 18.3 Å². The lowest BCUT2D eigenvalue weighted by molar-refractivity contribution is 0.0684. The van der Waals surface area contributed by atoms with Crippen molar-refractivity contribution in [3.8, 4) is 0 Å². The zero-order chi connectivity index (χ0) is 11.4. The molecule has 1 fully saturated rings. The largest absolute Gasteiger partial charge is 0.477 e. The highest BCUT2D eigenvalue weighted by Gasteiger charge is 2.15. The molecule has 2 heterocycles. The summed E-state index contributed by atoms with van der Waals surface area (Å²) in [6, 6.07) is 3.42. The molecule has 4 heteroatoms. The standard InChI is InChI=1S/C12H17NO3/c14-12(15)11-4-2-7-13(11)6-1-3-10-5-8-16-9-10/h2,4,7,10H,1,3,5-6,8-9H2,(H,14,15). The number of hydrogen-bond acceptors (Lipinski definition) is 2. The summed E-state index contributed by atoms with van der Waals surface area (Å²) in [7, 11) is 0. The van der Waals surface area contributed by atoms with Crippen molar-refractivity contribution < 1.29 is 14.6 Å². The zero-order valence-corrected chi connectivity index (χ0v) is 9.26. The molecule has 4 nitrogen and oxygen atoms in total. The Hall–Kier alpha value is -1.29. The van der Waals surface area contributed by atoms with Crippen LogP contribution in [0, 0.1) is 5.92 Å². The maximum Gasteiger partial charge on any atom is 0.352 e. The number of rotatable bonds is 5. The highest BCUT2D eigenvalue weighted by molar-refractivity contribution is 5.85. The number of carbonyl (C=O) groups is 1. The van der Waals surface area contributed by atoms with Gasteiger partial charge in [0, 0.05) is 26.0 Å². The molecule has 0 radical (unpaired) electrons. The maximum atomic E-state index is 10.9. The van der Waals surface area contributed by atoms with Gasteiger partial charge in [-0.2, -0.15) is 0 Å². The molecular weight excluding hydrogens is 206 g/mol. The van der Waals surface area contributed by atoms with E-state index in [0.717, 1.165) is 39.0 Å². The van der Waals surface area contributed by atoms with Crippen LogP contribution in [-0.4, -0.2) is 28.9 Å². The maximum absolute atomic E-state index is 10.9. The minimum atomic E-state index is -0.853. The number of ether oxygens (including phenoxy) is 1.